The summed E-state index contributed by atoms with van der Waals surface area (Å²) in [4.78, 5) is 12.3. The van der Waals surface area contributed by atoms with Gasteiger partial charge in [0.25, 0.3) is 0 Å². The molecule has 72 valence electrons. The van der Waals surface area contributed by atoms with Gasteiger partial charge in [-0.1, -0.05) is 0 Å². The van der Waals surface area contributed by atoms with Crippen molar-refractivity contribution in [3.05, 3.63) is 43.0 Å². The van der Waals surface area contributed by atoms with Crippen LogP contribution in [0, 0.1) is 0 Å². The Morgan fingerprint density at radius 2 is 2.07 bits per heavy atom. The smallest absolute Gasteiger partial charge is 0.157 e. The molecule has 3 aromatic rings. The summed E-state index contributed by atoms with van der Waals surface area (Å²) in [5.74, 6) is 0.691. The minimum atomic E-state index is 0.691. The summed E-state index contributed by atoms with van der Waals surface area (Å²) >= 11 is 0. The Morgan fingerprint density at radius 3 is 2.87 bits per heavy atom. The van der Waals surface area contributed by atoms with E-state index in [4.69, 9.17) is 4.42 Å². The lowest BCUT2D eigenvalue weighted by molar-refractivity contribution is 0.627. The maximum absolute atomic E-state index is 5.59. The SMILES string of the molecule is c1cnc2cc(-c3cnccn3)oc2c1. The number of furan rings is 1. The van der Waals surface area contributed by atoms with E-state index in [9.17, 15) is 0 Å². The molecule has 0 unspecified atom stereocenters. The van der Waals surface area contributed by atoms with Crippen LogP contribution in [0.4, 0.5) is 0 Å². The highest BCUT2D eigenvalue weighted by Crippen LogP contribution is 2.23. The number of hydrogen-bond acceptors (Lipinski definition) is 4. The summed E-state index contributed by atoms with van der Waals surface area (Å²) in [5, 5.41) is 0. The van der Waals surface area contributed by atoms with Gasteiger partial charge in [0.2, 0.25) is 0 Å². The molecule has 0 aliphatic carbocycles. The molecule has 3 aromatic heterocycles. The molecule has 15 heavy (non-hydrogen) atoms. The van der Waals surface area contributed by atoms with Gasteiger partial charge in [-0.25, -0.2) is 4.98 Å². The van der Waals surface area contributed by atoms with Gasteiger partial charge in [-0.05, 0) is 12.1 Å². The average Bonchev–Trinajstić information content (AvgIpc) is 2.74. The molecule has 0 aliphatic heterocycles. The van der Waals surface area contributed by atoms with E-state index in [1.807, 2.05) is 18.2 Å². The van der Waals surface area contributed by atoms with Crippen molar-refractivity contribution >= 4 is 11.1 Å². The topological polar surface area (TPSA) is 51.8 Å². The molecule has 0 N–H and O–H groups in total. The fourth-order valence-electron chi connectivity index (χ4n) is 1.42. The highest BCUT2D eigenvalue weighted by atomic mass is 16.3. The summed E-state index contributed by atoms with van der Waals surface area (Å²) in [6.45, 7) is 0. The van der Waals surface area contributed by atoms with E-state index < -0.39 is 0 Å². The first kappa shape index (κ1) is 8.11. The van der Waals surface area contributed by atoms with E-state index >= 15 is 0 Å². The van der Waals surface area contributed by atoms with Gasteiger partial charge < -0.3 is 4.42 Å². The minimum Gasteiger partial charge on any atom is -0.453 e. The molecule has 4 nitrogen and oxygen atoms in total. The van der Waals surface area contributed by atoms with Gasteiger partial charge in [0, 0.05) is 24.7 Å². The zero-order valence-electron chi connectivity index (χ0n) is 7.79. The second kappa shape index (κ2) is 3.16. The molecule has 0 spiro atoms. The second-order valence-corrected chi connectivity index (χ2v) is 3.09. The molecule has 3 rings (SSSR count). The second-order valence-electron chi connectivity index (χ2n) is 3.09. The summed E-state index contributed by atoms with van der Waals surface area (Å²) in [6, 6.07) is 5.58. The van der Waals surface area contributed by atoms with E-state index in [-0.39, 0.29) is 0 Å². The van der Waals surface area contributed by atoms with Gasteiger partial charge in [-0.2, -0.15) is 0 Å². The first-order valence-corrected chi connectivity index (χ1v) is 4.54. The van der Waals surface area contributed by atoms with Crippen LogP contribution in [-0.2, 0) is 0 Å². The van der Waals surface area contributed by atoms with E-state index in [2.05, 4.69) is 15.0 Å². The maximum atomic E-state index is 5.59. The van der Waals surface area contributed by atoms with Crippen molar-refractivity contribution in [2.45, 2.75) is 0 Å². The molecule has 0 radical (unpaired) electrons. The molecule has 0 saturated carbocycles. The van der Waals surface area contributed by atoms with Crippen LogP contribution in [-0.4, -0.2) is 15.0 Å². The quantitative estimate of drug-likeness (QED) is 0.600. The highest BCUT2D eigenvalue weighted by Gasteiger charge is 2.06. The Kier molecular flexibility index (Phi) is 1.71. The van der Waals surface area contributed by atoms with Crippen molar-refractivity contribution in [3.63, 3.8) is 0 Å². The molecular formula is C11H7N3O. The molecule has 0 amide bonds. The normalized spacial score (nSPS) is 10.7. The molecule has 0 aromatic carbocycles. The first-order valence-electron chi connectivity index (χ1n) is 4.54. The fraction of sp³-hybridized carbons (Fsp3) is 0. The van der Waals surface area contributed by atoms with Crippen molar-refractivity contribution in [3.8, 4) is 11.5 Å². The Bertz CT molecular complexity index is 556. The Morgan fingerprint density at radius 1 is 1.07 bits per heavy atom. The molecule has 0 atom stereocenters. The third-order valence-corrected chi connectivity index (χ3v) is 2.10. The van der Waals surface area contributed by atoms with E-state index in [1.54, 1.807) is 24.8 Å². The average molecular weight is 197 g/mol. The summed E-state index contributed by atoms with van der Waals surface area (Å²) in [6.07, 6.45) is 6.66. The van der Waals surface area contributed by atoms with Crippen LogP contribution in [0.5, 0.6) is 0 Å². The standard InChI is InChI=1S/C11H7N3O/c1-2-10-8(13-3-1)6-11(15-10)9-7-12-4-5-14-9/h1-7H. The molecule has 3 heterocycles. The number of fused-ring (bicyclic) bond motifs is 1. The summed E-state index contributed by atoms with van der Waals surface area (Å²) in [5.41, 5.74) is 2.31. The van der Waals surface area contributed by atoms with Gasteiger partial charge in [-0.15, -0.1) is 0 Å². The Hall–Kier alpha value is -2.23. The third-order valence-electron chi connectivity index (χ3n) is 2.10. The van der Waals surface area contributed by atoms with Gasteiger partial charge in [0.05, 0.1) is 6.20 Å². The predicted molar refractivity (Wildman–Crippen MR) is 55.0 cm³/mol. The molecule has 0 bridgehead atoms. The largest absolute Gasteiger partial charge is 0.453 e. The van der Waals surface area contributed by atoms with E-state index in [0.29, 0.717) is 5.76 Å². The fourth-order valence-corrected chi connectivity index (χ4v) is 1.42. The van der Waals surface area contributed by atoms with Crippen LogP contribution in [0.25, 0.3) is 22.6 Å². The lowest BCUT2D eigenvalue weighted by Gasteiger charge is -1.91. The van der Waals surface area contributed by atoms with Crippen LogP contribution in [0.2, 0.25) is 0 Å². The zero-order chi connectivity index (χ0) is 10.1. The lowest BCUT2D eigenvalue weighted by Crippen LogP contribution is -1.80. The Balaban J connectivity index is 2.21. The monoisotopic (exact) mass is 197 g/mol. The van der Waals surface area contributed by atoms with Gasteiger partial charge in [0.1, 0.15) is 11.2 Å². The van der Waals surface area contributed by atoms with E-state index in [1.165, 1.54) is 0 Å². The predicted octanol–water partition coefficient (Wildman–Crippen LogP) is 2.28. The van der Waals surface area contributed by atoms with Crippen LogP contribution < -0.4 is 0 Å². The Labute approximate surface area is 85.6 Å². The molecule has 4 heteroatoms. The molecule has 0 aliphatic rings. The number of rotatable bonds is 1. The third kappa shape index (κ3) is 1.36. The van der Waals surface area contributed by atoms with Crippen molar-refractivity contribution in [1.82, 2.24) is 15.0 Å². The summed E-state index contributed by atoms with van der Waals surface area (Å²) < 4.78 is 5.59. The number of hydrogen-bond donors (Lipinski definition) is 0. The van der Waals surface area contributed by atoms with Crippen LogP contribution in [0.15, 0.2) is 47.4 Å². The highest BCUT2D eigenvalue weighted by molar-refractivity contribution is 5.77. The van der Waals surface area contributed by atoms with Crippen molar-refractivity contribution in [2.75, 3.05) is 0 Å². The van der Waals surface area contributed by atoms with Gasteiger partial charge in [-0.3, -0.25) is 9.97 Å². The van der Waals surface area contributed by atoms with Crippen LogP contribution >= 0.6 is 0 Å². The maximum Gasteiger partial charge on any atom is 0.157 e. The minimum absolute atomic E-state index is 0.691. The first-order chi connectivity index (χ1) is 7.43. The summed E-state index contributed by atoms with van der Waals surface area (Å²) in [7, 11) is 0. The number of nitrogens with zero attached hydrogens (tertiary/aromatic N) is 3. The van der Waals surface area contributed by atoms with Crippen LogP contribution in [0.3, 0.4) is 0 Å². The van der Waals surface area contributed by atoms with Crippen molar-refractivity contribution in [2.24, 2.45) is 0 Å². The number of pyridine rings is 1. The van der Waals surface area contributed by atoms with E-state index in [0.717, 1.165) is 16.8 Å². The van der Waals surface area contributed by atoms with Crippen LogP contribution in [0.1, 0.15) is 0 Å². The molecule has 0 saturated heterocycles. The lowest BCUT2D eigenvalue weighted by atomic mass is 10.3. The zero-order valence-corrected chi connectivity index (χ0v) is 7.79. The van der Waals surface area contributed by atoms with Gasteiger partial charge >= 0.3 is 0 Å². The van der Waals surface area contributed by atoms with Crippen molar-refractivity contribution < 1.29 is 4.42 Å². The molecule has 0 fully saturated rings. The van der Waals surface area contributed by atoms with Gasteiger partial charge in [0.15, 0.2) is 11.3 Å². The number of aromatic nitrogens is 3. The van der Waals surface area contributed by atoms with Crippen molar-refractivity contribution in [1.29, 1.82) is 0 Å². The molecular weight excluding hydrogens is 190 g/mol.